The zero-order valence-electron chi connectivity index (χ0n) is 11.1. The molecule has 2 atom stereocenters. The summed E-state index contributed by atoms with van der Waals surface area (Å²) in [5, 5.41) is 23.6. The van der Waals surface area contributed by atoms with E-state index in [1.54, 1.807) is 13.0 Å². The zero-order valence-corrected chi connectivity index (χ0v) is 11.1. The molecule has 104 valence electrons. The molecule has 0 aliphatic heterocycles. The van der Waals surface area contributed by atoms with Crippen molar-refractivity contribution in [1.29, 1.82) is 0 Å². The number of aliphatic hydroxyl groups excluding tert-OH is 1. The second-order valence-electron chi connectivity index (χ2n) is 5.18. The number of benzene rings is 1. The number of rotatable bonds is 5. The van der Waals surface area contributed by atoms with Gasteiger partial charge in [0.2, 0.25) is 0 Å². The van der Waals surface area contributed by atoms with Gasteiger partial charge in [0, 0.05) is 30.8 Å². The summed E-state index contributed by atoms with van der Waals surface area (Å²) in [7, 11) is 0. The van der Waals surface area contributed by atoms with Gasteiger partial charge in [-0.2, -0.15) is 0 Å². The highest BCUT2D eigenvalue weighted by Crippen LogP contribution is 2.26. The van der Waals surface area contributed by atoms with E-state index in [4.69, 9.17) is 0 Å². The molecule has 1 saturated carbocycles. The molecule has 0 spiro atoms. The molecule has 0 heterocycles. The molecule has 2 N–H and O–H groups in total. The van der Waals surface area contributed by atoms with Crippen LogP contribution in [0.1, 0.15) is 30.4 Å². The molecule has 0 radical (unpaired) electrons. The van der Waals surface area contributed by atoms with Gasteiger partial charge in [-0.05, 0) is 31.2 Å². The summed E-state index contributed by atoms with van der Waals surface area (Å²) in [6.07, 6.45) is 3.26. The van der Waals surface area contributed by atoms with Gasteiger partial charge in [-0.1, -0.05) is 18.6 Å². The first-order valence-electron chi connectivity index (χ1n) is 6.70. The van der Waals surface area contributed by atoms with Crippen molar-refractivity contribution in [2.75, 3.05) is 6.61 Å². The molecule has 0 bridgehead atoms. The molecule has 2 rings (SSSR count). The number of nitrogens with one attached hydrogen (secondary N) is 1. The maximum Gasteiger partial charge on any atom is 0.272 e. The van der Waals surface area contributed by atoms with Crippen LogP contribution in [0.25, 0.3) is 0 Å². The van der Waals surface area contributed by atoms with E-state index in [0.29, 0.717) is 18.5 Å². The Morgan fingerprint density at radius 1 is 1.47 bits per heavy atom. The molecule has 0 saturated heterocycles. The smallest absolute Gasteiger partial charge is 0.272 e. The summed E-state index contributed by atoms with van der Waals surface area (Å²) in [4.78, 5) is 10.5. The average molecular weight is 264 g/mol. The van der Waals surface area contributed by atoms with Crippen molar-refractivity contribution in [1.82, 2.24) is 5.32 Å². The van der Waals surface area contributed by atoms with Gasteiger partial charge in [-0.15, -0.1) is 0 Å². The first-order valence-corrected chi connectivity index (χ1v) is 6.70. The Bertz CT molecular complexity index is 462. The minimum absolute atomic E-state index is 0.171. The first kappa shape index (κ1) is 14.0. The number of hydrogen-bond acceptors (Lipinski definition) is 4. The predicted octanol–water partition coefficient (Wildman–Crippen LogP) is 2.15. The SMILES string of the molecule is Cc1c(CNC2CCCC2CO)cccc1[N+](=O)[O-]. The Kier molecular flexibility index (Phi) is 4.50. The molecular weight excluding hydrogens is 244 g/mol. The van der Waals surface area contributed by atoms with E-state index in [1.807, 2.05) is 6.07 Å². The molecular formula is C14H20N2O3. The lowest BCUT2D eigenvalue weighted by Crippen LogP contribution is -2.33. The molecule has 0 amide bonds. The summed E-state index contributed by atoms with van der Waals surface area (Å²) in [5.41, 5.74) is 1.85. The maximum atomic E-state index is 10.9. The van der Waals surface area contributed by atoms with Gasteiger partial charge in [0.25, 0.3) is 5.69 Å². The molecule has 5 nitrogen and oxygen atoms in total. The second kappa shape index (κ2) is 6.12. The second-order valence-corrected chi connectivity index (χ2v) is 5.18. The monoisotopic (exact) mass is 264 g/mol. The average Bonchev–Trinajstić information content (AvgIpc) is 2.84. The van der Waals surface area contributed by atoms with Crippen molar-refractivity contribution in [3.8, 4) is 0 Å². The number of nitrogens with zero attached hydrogens (tertiary/aromatic N) is 1. The Balaban J connectivity index is 2.03. The fourth-order valence-corrected chi connectivity index (χ4v) is 2.82. The molecule has 5 heteroatoms. The lowest BCUT2D eigenvalue weighted by Gasteiger charge is -2.19. The Hall–Kier alpha value is -1.46. The van der Waals surface area contributed by atoms with Crippen LogP contribution < -0.4 is 5.32 Å². The van der Waals surface area contributed by atoms with Gasteiger partial charge >= 0.3 is 0 Å². The van der Waals surface area contributed by atoms with Crippen LogP contribution in [0.3, 0.4) is 0 Å². The van der Waals surface area contributed by atoms with Crippen molar-refractivity contribution < 1.29 is 10.0 Å². The molecule has 1 fully saturated rings. The van der Waals surface area contributed by atoms with Crippen LogP contribution in [0.4, 0.5) is 5.69 Å². The highest BCUT2D eigenvalue weighted by molar-refractivity contribution is 5.44. The van der Waals surface area contributed by atoms with E-state index in [9.17, 15) is 15.2 Å². The van der Waals surface area contributed by atoms with Crippen LogP contribution in [-0.4, -0.2) is 22.7 Å². The topological polar surface area (TPSA) is 75.4 Å². The highest BCUT2D eigenvalue weighted by atomic mass is 16.6. The van der Waals surface area contributed by atoms with Gasteiger partial charge in [0.1, 0.15) is 0 Å². The van der Waals surface area contributed by atoms with Crippen molar-refractivity contribution in [2.45, 2.75) is 38.8 Å². The van der Waals surface area contributed by atoms with E-state index in [-0.39, 0.29) is 17.2 Å². The summed E-state index contributed by atoms with van der Waals surface area (Å²) in [6, 6.07) is 5.49. The normalized spacial score (nSPS) is 22.6. The fraction of sp³-hybridized carbons (Fsp3) is 0.571. The molecule has 19 heavy (non-hydrogen) atoms. The third-order valence-corrected chi connectivity index (χ3v) is 4.06. The lowest BCUT2D eigenvalue weighted by molar-refractivity contribution is -0.385. The number of hydrogen-bond donors (Lipinski definition) is 2. The van der Waals surface area contributed by atoms with E-state index < -0.39 is 0 Å². The van der Waals surface area contributed by atoms with E-state index in [0.717, 1.165) is 30.4 Å². The maximum absolute atomic E-state index is 10.9. The van der Waals surface area contributed by atoms with Gasteiger partial charge < -0.3 is 10.4 Å². The summed E-state index contributed by atoms with van der Waals surface area (Å²) in [6.45, 7) is 2.62. The molecule has 1 aromatic carbocycles. The quantitative estimate of drug-likeness (QED) is 0.631. The standard InChI is InChI=1S/C14H20N2O3/c1-10-11(4-3-7-14(10)16(18)19)8-15-13-6-2-5-12(13)9-17/h3-4,7,12-13,15,17H,2,5-6,8-9H2,1H3. The molecule has 0 aromatic heterocycles. The van der Waals surface area contributed by atoms with E-state index >= 15 is 0 Å². The third kappa shape index (κ3) is 3.11. The number of aliphatic hydroxyl groups is 1. The van der Waals surface area contributed by atoms with Crippen molar-refractivity contribution in [2.24, 2.45) is 5.92 Å². The van der Waals surface area contributed by atoms with E-state index in [2.05, 4.69) is 5.32 Å². The van der Waals surface area contributed by atoms with Crippen molar-refractivity contribution in [3.05, 3.63) is 39.4 Å². The van der Waals surface area contributed by atoms with Gasteiger partial charge in [0.15, 0.2) is 0 Å². The third-order valence-electron chi connectivity index (χ3n) is 4.06. The van der Waals surface area contributed by atoms with E-state index in [1.165, 1.54) is 6.07 Å². The first-order chi connectivity index (χ1) is 9.13. The van der Waals surface area contributed by atoms with Gasteiger partial charge in [0.05, 0.1) is 4.92 Å². The van der Waals surface area contributed by atoms with Crippen LogP contribution >= 0.6 is 0 Å². The Labute approximate surface area is 112 Å². The minimum atomic E-state index is -0.342. The minimum Gasteiger partial charge on any atom is -0.396 e. The molecule has 1 aromatic rings. The molecule has 1 aliphatic rings. The van der Waals surface area contributed by atoms with Crippen molar-refractivity contribution in [3.63, 3.8) is 0 Å². The summed E-state index contributed by atoms with van der Waals surface area (Å²) in [5.74, 6) is 0.319. The molecule has 1 aliphatic carbocycles. The lowest BCUT2D eigenvalue weighted by atomic mass is 10.0. The van der Waals surface area contributed by atoms with Crippen molar-refractivity contribution >= 4 is 5.69 Å². The Morgan fingerprint density at radius 2 is 2.26 bits per heavy atom. The predicted molar refractivity (Wildman–Crippen MR) is 72.9 cm³/mol. The van der Waals surface area contributed by atoms with Crippen LogP contribution in [0.2, 0.25) is 0 Å². The summed E-state index contributed by atoms with van der Waals surface area (Å²) < 4.78 is 0. The largest absolute Gasteiger partial charge is 0.396 e. The highest BCUT2D eigenvalue weighted by Gasteiger charge is 2.26. The number of nitro benzene ring substituents is 1. The van der Waals surface area contributed by atoms with Gasteiger partial charge in [-0.3, -0.25) is 10.1 Å². The summed E-state index contributed by atoms with van der Waals surface area (Å²) >= 11 is 0. The van der Waals surface area contributed by atoms with Crippen LogP contribution in [0.5, 0.6) is 0 Å². The van der Waals surface area contributed by atoms with Crippen LogP contribution in [0.15, 0.2) is 18.2 Å². The number of nitro groups is 1. The Morgan fingerprint density at radius 3 is 2.95 bits per heavy atom. The fourth-order valence-electron chi connectivity index (χ4n) is 2.82. The van der Waals surface area contributed by atoms with Crippen LogP contribution in [-0.2, 0) is 6.54 Å². The van der Waals surface area contributed by atoms with Crippen LogP contribution in [0, 0.1) is 23.0 Å². The zero-order chi connectivity index (χ0) is 13.8. The molecule has 2 unspecified atom stereocenters. The van der Waals surface area contributed by atoms with Gasteiger partial charge in [-0.25, -0.2) is 0 Å².